The van der Waals surface area contributed by atoms with Gasteiger partial charge in [0.15, 0.2) is 11.0 Å². The molecule has 2 aromatic rings. The van der Waals surface area contributed by atoms with Gasteiger partial charge in [0.25, 0.3) is 0 Å². The van der Waals surface area contributed by atoms with E-state index in [0.29, 0.717) is 37.3 Å². The summed E-state index contributed by atoms with van der Waals surface area (Å²) in [5.74, 6) is 0.103. The highest BCUT2D eigenvalue weighted by Crippen LogP contribution is 2.40. The number of aromatic nitrogens is 3. The zero-order valence-electron chi connectivity index (χ0n) is 17.2. The van der Waals surface area contributed by atoms with Crippen LogP contribution in [0.25, 0.3) is 10.9 Å². The van der Waals surface area contributed by atoms with Crippen molar-refractivity contribution in [2.45, 2.75) is 43.8 Å². The first-order valence-electron chi connectivity index (χ1n) is 10.9. The monoisotopic (exact) mass is 453 g/mol. The molecule has 0 unspecified atom stereocenters. The molecule has 3 aliphatic heterocycles. The molecule has 5 heterocycles. The van der Waals surface area contributed by atoms with Gasteiger partial charge in [-0.1, -0.05) is 11.6 Å². The summed E-state index contributed by atoms with van der Waals surface area (Å²) in [6.45, 7) is 3.09. The van der Waals surface area contributed by atoms with Crippen molar-refractivity contribution in [3.05, 3.63) is 17.2 Å². The number of halogens is 3. The summed E-state index contributed by atoms with van der Waals surface area (Å²) >= 11 is 5.91. The van der Waals surface area contributed by atoms with E-state index in [0.717, 1.165) is 32.2 Å². The molecule has 0 spiro atoms. The second-order valence-corrected chi connectivity index (χ2v) is 9.29. The normalized spacial score (nSPS) is 27.2. The molecule has 0 amide bonds. The number of hydrogen-bond donors (Lipinski definition) is 1. The van der Waals surface area contributed by atoms with Crippen LogP contribution in [0.4, 0.5) is 14.6 Å². The Labute approximate surface area is 184 Å². The van der Waals surface area contributed by atoms with Crippen molar-refractivity contribution in [3.8, 4) is 6.01 Å². The SMILES string of the molecule is OCC1CCN(c2nc(OC[C@@]34CCCN3C[C@H](F)C4)nc3c(F)c(Cl)ncc23)CC1. The quantitative estimate of drug-likeness (QED) is 0.697. The van der Waals surface area contributed by atoms with E-state index in [2.05, 4.69) is 19.9 Å². The average molecular weight is 454 g/mol. The Morgan fingerprint density at radius 1 is 1.26 bits per heavy atom. The lowest BCUT2D eigenvalue weighted by atomic mass is 9.95. The van der Waals surface area contributed by atoms with Crippen LogP contribution in [0, 0.1) is 11.7 Å². The Kier molecular flexibility index (Phi) is 5.60. The Morgan fingerprint density at radius 3 is 2.84 bits per heavy atom. The fraction of sp³-hybridized carbons (Fsp3) is 0.667. The lowest BCUT2D eigenvalue weighted by Crippen LogP contribution is -2.43. The second kappa shape index (κ2) is 8.26. The van der Waals surface area contributed by atoms with E-state index in [-0.39, 0.29) is 41.4 Å². The van der Waals surface area contributed by atoms with Crippen LogP contribution in [0.1, 0.15) is 32.1 Å². The molecule has 31 heavy (non-hydrogen) atoms. The van der Waals surface area contributed by atoms with E-state index in [1.807, 2.05) is 4.90 Å². The van der Waals surface area contributed by atoms with Crippen LogP contribution in [0.2, 0.25) is 5.15 Å². The molecule has 3 saturated heterocycles. The zero-order valence-corrected chi connectivity index (χ0v) is 18.0. The molecule has 0 bridgehead atoms. The lowest BCUT2D eigenvalue weighted by Gasteiger charge is -2.33. The van der Waals surface area contributed by atoms with E-state index in [1.165, 1.54) is 6.20 Å². The number of ether oxygens (including phenoxy) is 1. The molecule has 168 valence electrons. The van der Waals surface area contributed by atoms with Crippen LogP contribution < -0.4 is 9.64 Å². The fourth-order valence-electron chi connectivity index (χ4n) is 5.28. The number of anilines is 1. The van der Waals surface area contributed by atoms with Crippen LogP contribution in [-0.4, -0.2) is 76.1 Å². The van der Waals surface area contributed by atoms with Crippen LogP contribution in [-0.2, 0) is 0 Å². The minimum absolute atomic E-state index is 0.0662. The van der Waals surface area contributed by atoms with Gasteiger partial charge in [-0.05, 0) is 38.1 Å². The first kappa shape index (κ1) is 21.0. The molecule has 10 heteroatoms. The molecule has 3 fully saturated rings. The summed E-state index contributed by atoms with van der Waals surface area (Å²) in [5, 5.41) is 9.65. The van der Waals surface area contributed by atoms with Gasteiger partial charge in [-0.25, -0.2) is 13.8 Å². The molecule has 0 aliphatic carbocycles. The van der Waals surface area contributed by atoms with Crippen molar-refractivity contribution in [2.24, 2.45) is 5.92 Å². The molecule has 0 saturated carbocycles. The molecule has 0 aromatic carbocycles. The smallest absolute Gasteiger partial charge is 0.319 e. The van der Waals surface area contributed by atoms with Crippen LogP contribution in [0.5, 0.6) is 6.01 Å². The number of aliphatic hydroxyl groups excluding tert-OH is 1. The van der Waals surface area contributed by atoms with Gasteiger partial charge in [0.1, 0.15) is 24.1 Å². The van der Waals surface area contributed by atoms with Crippen molar-refractivity contribution >= 4 is 28.3 Å². The molecular weight excluding hydrogens is 428 g/mol. The Balaban J connectivity index is 1.46. The summed E-state index contributed by atoms with van der Waals surface area (Å²) in [5.41, 5.74) is -0.272. The minimum atomic E-state index is -0.855. The van der Waals surface area contributed by atoms with Crippen molar-refractivity contribution in [2.75, 3.05) is 44.3 Å². The molecule has 7 nitrogen and oxygen atoms in total. The van der Waals surface area contributed by atoms with Gasteiger partial charge in [0.05, 0.1) is 10.9 Å². The predicted molar refractivity (Wildman–Crippen MR) is 113 cm³/mol. The number of nitrogens with zero attached hydrogens (tertiary/aromatic N) is 5. The molecular formula is C21H26ClF2N5O2. The third-order valence-corrected chi connectivity index (χ3v) is 7.27. The van der Waals surface area contributed by atoms with E-state index in [1.54, 1.807) is 0 Å². The van der Waals surface area contributed by atoms with Crippen molar-refractivity contribution in [1.82, 2.24) is 19.9 Å². The van der Waals surface area contributed by atoms with Gasteiger partial charge in [-0.3, -0.25) is 4.90 Å². The standard InChI is InChI=1S/C21H26ClF2N5O2/c22-18-16(24)17-15(9-25-18)19(28-6-2-13(11-30)3-7-28)27-20(26-17)31-12-21-4-1-5-29(21)10-14(23)8-21/h9,13-14,30H,1-8,10-12H2/t14-,21+/m1/s1. The number of piperidine rings is 1. The Morgan fingerprint density at radius 2 is 2.06 bits per heavy atom. The van der Waals surface area contributed by atoms with Gasteiger partial charge in [-0.15, -0.1) is 0 Å². The highest BCUT2D eigenvalue weighted by molar-refractivity contribution is 6.30. The fourth-order valence-corrected chi connectivity index (χ4v) is 5.42. The summed E-state index contributed by atoms with van der Waals surface area (Å²) in [4.78, 5) is 17.0. The minimum Gasteiger partial charge on any atom is -0.461 e. The number of hydrogen-bond acceptors (Lipinski definition) is 7. The van der Waals surface area contributed by atoms with Gasteiger partial charge in [-0.2, -0.15) is 9.97 Å². The lowest BCUT2D eigenvalue weighted by molar-refractivity contribution is 0.107. The third-order valence-electron chi connectivity index (χ3n) is 7.00. The Bertz CT molecular complexity index is 974. The highest BCUT2D eigenvalue weighted by Gasteiger charge is 2.49. The van der Waals surface area contributed by atoms with Gasteiger partial charge in [0.2, 0.25) is 0 Å². The average Bonchev–Trinajstić information content (AvgIpc) is 3.30. The molecule has 2 aromatic heterocycles. The van der Waals surface area contributed by atoms with E-state index in [4.69, 9.17) is 16.3 Å². The second-order valence-electron chi connectivity index (χ2n) is 8.93. The number of alkyl halides is 1. The molecule has 0 radical (unpaired) electrons. The van der Waals surface area contributed by atoms with Gasteiger partial charge in [0, 0.05) is 38.9 Å². The summed E-state index contributed by atoms with van der Waals surface area (Å²) in [6.07, 6.45) is 4.58. The number of fused-ring (bicyclic) bond motifs is 2. The van der Waals surface area contributed by atoms with Crippen LogP contribution in [0.15, 0.2) is 6.20 Å². The first-order valence-corrected chi connectivity index (χ1v) is 11.3. The Hall–Kier alpha value is -1.84. The maximum absolute atomic E-state index is 14.8. The molecule has 5 rings (SSSR count). The van der Waals surface area contributed by atoms with E-state index in [9.17, 15) is 13.9 Å². The van der Waals surface area contributed by atoms with Crippen LogP contribution >= 0.6 is 11.6 Å². The topological polar surface area (TPSA) is 74.6 Å². The predicted octanol–water partition coefficient (Wildman–Crippen LogP) is 2.98. The number of rotatable bonds is 5. The summed E-state index contributed by atoms with van der Waals surface area (Å²) in [7, 11) is 0. The van der Waals surface area contributed by atoms with E-state index >= 15 is 0 Å². The maximum atomic E-state index is 14.8. The largest absolute Gasteiger partial charge is 0.461 e. The third kappa shape index (κ3) is 3.81. The molecule has 1 N–H and O–H groups in total. The zero-order chi connectivity index (χ0) is 21.6. The molecule has 2 atom stereocenters. The number of aliphatic hydroxyl groups is 1. The molecule has 3 aliphatic rings. The van der Waals surface area contributed by atoms with Crippen molar-refractivity contribution < 1.29 is 18.6 Å². The van der Waals surface area contributed by atoms with Crippen LogP contribution in [0.3, 0.4) is 0 Å². The van der Waals surface area contributed by atoms with Gasteiger partial charge < -0.3 is 14.7 Å². The number of pyridine rings is 1. The maximum Gasteiger partial charge on any atom is 0.319 e. The first-order chi connectivity index (χ1) is 15.0. The van der Waals surface area contributed by atoms with E-state index < -0.39 is 12.0 Å². The van der Waals surface area contributed by atoms with Crippen molar-refractivity contribution in [1.29, 1.82) is 0 Å². The highest BCUT2D eigenvalue weighted by atomic mass is 35.5. The van der Waals surface area contributed by atoms with Gasteiger partial charge >= 0.3 is 6.01 Å². The summed E-state index contributed by atoms with van der Waals surface area (Å²) in [6, 6.07) is 0.0662. The van der Waals surface area contributed by atoms with Crippen molar-refractivity contribution in [3.63, 3.8) is 0 Å². The summed E-state index contributed by atoms with van der Waals surface area (Å²) < 4.78 is 34.9.